The molecule has 108 valence electrons. The maximum absolute atomic E-state index is 11.9. The van der Waals surface area contributed by atoms with Gasteiger partial charge in [-0.25, -0.2) is 0 Å². The predicted octanol–water partition coefficient (Wildman–Crippen LogP) is 2.95. The minimum Gasteiger partial charge on any atom is -0.496 e. The number of nitrogens with one attached hydrogen (secondary N) is 1. The molecule has 1 aromatic rings. The Morgan fingerprint density at radius 1 is 1.57 bits per heavy atom. The van der Waals surface area contributed by atoms with Crippen LogP contribution in [0.25, 0.3) is 0 Å². The van der Waals surface area contributed by atoms with Crippen LogP contribution in [-0.4, -0.2) is 18.8 Å². The van der Waals surface area contributed by atoms with E-state index in [-0.39, 0.29) is 18.2 Å². The van der Waals surface area contributed by atoms with Crippen molar-refractivity contribution < 1.29 is 9.53 Å². The van der Waals surface area contributed by atoms with Crippen LogP contribution in [0.3, 0.4) is 0 Å². The van der Waals surface area contributed by atoms with Gasteiger partial charge in [-0.3, -0.25) is 4.79 Å². The predicted molar refractivity (Wildman–Crippen MR) is 83.8 cm³/mol. The average molecular weight is 300 g/mol. The molecule has 5 heteroatoms. The van der Waals surface area contributed by atoms with Crippen LogP contribution >= 0.6 is 11.8 Å². The summed E-state index contributed by atoms with van der Waals surface area (Å²) in [5.74, 6) is 0.973. The molecule has 0 aromatic heterocycles. The van der Waals surface area contributed by atoms with Crippen LogP contribution in [0.5, 0.6) is 5.75 Å². The number of hydrogen-bond acceptors (Lipinski definition) is 4. The zero-order valence-electron chi connectivity index (χ0n) is 11.8. The molecule has 0 aliphatic carbocycles. The van der Waals surface area contributed by atoms with E-state index >= 15 is 0 Å². The van der Waals surface area contributed by atoms with E-state index in [1.165, 1.54) is 11.8 Å². The van der Waals surface area contributed by atoms with Gasteiger partial charge in [0.2, 0.25) is 5.91 Å². The Balaban J connectivity index is 2.47. The minimum absolute atomic E-state index is 0.0866. The van der Waals surface area contributed by atoms with Crippen LogP contribution in [0, 0.1) is 11.3 Å². The number of amides is 1. The van der Waals surface area contributed by atoms with Gasteiger partial charge in [0.25, 0.3) is 0 Å². The highest BCUT2D eigenvalue weighted by Crippen LogP contribution is 2.39. The molecule has 1 aliphatic heterocycles. The SMILES string of the molecule is C=CCSC1=C(C#N)[C@H](c2ccccc2OC)CC(=O)N1. The highest BCUT2D eigenvalue weighted by Gasteiger charge is 2.31. The zero-order chi connectivity index (χ0) is 15.2. The van der Waals surface area contributed by atoms with Gasteiger partial charge in [-0.2, -0.15) is 5.26 Å². The Morgan fingerprint density at radius 3 is 3.00 bits per heavy atom. The second-order valence-corrected chi connectivity index (χ2v) is 5.53. The molecule has 1 amide bonds. The van der Waals surface area contributed by atoms with Crippen LogP contribution in [0.15, 0.2) is 47.5 Å². The largest absolute Gasteiger partial charge is 0.496 e. The Hall–Kier alpha value is -2.19. The first-order valence-corrected chi connectivity index (χ1v) is 7.50. The number of ether oxygens (including phenoxy) is 1. The van der Waals surface area contributed by atoms with Crippen molar-refractivity contribution in [2.24, 2.45) is 0 Å². The quantitative estimate of drug-likeness (QED) is 0.849. The summed E-state index contributed by atoms with van der Waals surface area (Å²) in [6.07, 6.45) is 1.99. The minimum atomic E-state index is -0.271. The number of methoxy groups -OCH3 is 1. The summed E-state index contributed by atoms with van der Waals surface area (Å²) in [6, 6.07) is 9.73. The summed E-state index contributed by atoms with van der Waals surface area (Å²) in [4.78, 5) is 11.9. The van der Waals surface area contributed by atoms with E-state index in [0.717, 1.165) is 5.56 Å². The van der Waals surface area contributed by atoms with Gasteiger partial charge in [0.05, 0.1) is 23.8 Å². The molecular weight excluding hydrogens is 284 g/mol. The Bertz CT molecular complexity index is 631. The lowest BCUT2D eigenvalue weighted by atomic mass is 9.86. The van der Waals surface area contributed by atoms with Gasteiger partial charge in [-0.1, -0.05) is 24.3 Å². The third-order valence-electron chi connectivity index (χ3n) is 3.22. The summed E-state index contributed by atoms with van der Waals surface area (Å²) in [6.45, 7) is 3.66. The average Bonchev–Trinajstić information content (AvgIpc) is 2.52. The zero-order valence-corrected chi connectivity index (χ0v) is 12.6. The van der Waals surface area contributed by atoms with Crippen molar-refractivity contribution >= 4 is 17.7 Å². The van der Waals surface area contributed by atoms with E-state index in [9.17, 15) is 10.1 Å². The van der Waals surface area contributed by atoms with Gasteiger partial charge in [0.1, 0.15) is 5.75 Å². The van der Waals surface area contributed by atoms with Crippen LogP contribution in [0.1, 0.15) is 17.9 Å². The van der Waals surface area contributed by atoms with Gasteiger partial charge in [0.15, 0.2) is 0 Å². The van der Waals surface area contributed by atoms with Gasteiger partial charge >= 0.3 is 0 Å². The second-order valence-electron chi connectivity index (χ2n) is 4.50. The van der Waals surface area contributed by atoms with E-state index in [4.69, 9.17) is 4.74 Å². The standard InChI is InChI=1S/C16H16N2O2S/c1-3-8-21-16-13(10-17)12(9-15(19)18-16)11-6-4-5-7-14(11)20-2/h3-7,12H,1,8-9H2,2H3,(H,18,19)/t12-/m0/s1. The molecule has 0 saturated carbocycles. The lowest BCUT2D eigenvalue weighted by Gasteiger charge is -2.26. The molecule has 0 fully saturated rings. The smallest absolute Gasteiger partial charge is 0.225 e. The molecular formula is C16H16N2O2S. The summed E-state index contributed by atoms with van der Waals surface area (Å²) in [5, 5.41) is 12.9. The third-order valence-corrected chi connectivity index (χ3v) is 4.23. The van der Waals surface area contributed by atoms with E-state index < -0.39 is 0 Å². The number of para-hydroxylation sites is 1. The topological polar surface area (TPSA) is 62.1 Å². The van der Waals surface area contributed by atoms with Gasteiger partial charge in [-0.05, 0) is 6.07 Å². The number of allylic oxidation sites excluding steroid dienone is 1. The number of benzene rings is 1. The fourth-order valence-electron chi connectivity index (χ4n) is 2.30. The fourth-order valence-corrected chi connectivity index (χ4v) is 3.11. The van der Waals surface area contributed by atoms with Gasteiger partial charge in [-0.15, -0.1) is 18.3 Å². The van der Waals surface area contributed by atoms with Crippen molar-refractivity contribution in [1.29, 1.82) is 5.26 Å². The molecule has 1 heterocycles. The Kier molecular flexibility index (Phi) is 5.07. The lowest BCUT2D eigenvalue weighted by molar-refractivity contribution is -0.120. The maximum Gasteiger partial charge on any atom is 0.225 e. The van der Waals surface area contributed by atoms with Crippen molar-refractivity contribution in [1.82, 2.24) is 5.32 Å². The third kappa shape index (κ3) is 3.29. The monoisotopic (exact) mass is 300 g/mol. The molecule has 0 spiro atoms. The molecule has 1 aliphatic rings. The van der Waals surface area contributed by atoms with E-state index in [0.29, 0.717) is 22.1 Å². The fraction of sp³-hybridized carbons (Fsp3) is 0.250. The molecule has 4 nitrogen and oxygen atoms in total. The highest BCUT2D eigenvalue weighted by atomic mass is 32.2. The van der Waals surface area contributed by atoms with E-state index in [2.05, 4.69) is 18.0 Å². The van der Waals surface area contributed by atoms with E-state index in [1.54, 1.807) is 13.2 Å². The molecule has 1 aromatic carbocycles. The first-order chi connectivity index (χ1) is 10.2. The number of carbonyl (C=O) groups excluding carboxylic acids is 1. The van der Waals surface area contributed by atoms with Crippen molar-refractivity contribution in [2.75, 3.05) is 12.9 Å². The first kappa shape index (κ1) is 15.2. The number of thioether (sulfide) groups is 1. The van der Waals surface area contributed by atoms with E-state index in [1.807, 2.05) is 24.3 Å². The molecule has 0 bridgehead atoms. The van der Waals surface area contributed by atoms with Crippen molar-refractivity contribution in [3.05, 3.63) is 53.1 Å². The van der Waals surface area contributed by atoms with Crippen molar-refractivity contribution in [2.45, 2.75) is 12.3 Å². The number of nitrogens with zero attached hydrogens (tertiary/aromatic N) is 1. The van der Waals surface area contributed by atoms with Crippen LogP contribution in [0.2, 0.25) is 0 Å². The van der Waals surface area contributed by atoms with Gasteiger partial charge in [0, 0.05) is 23.7 Å². The molecule has 2 rings (SSSR count). The first-order valence-electron chi connectivity index (χ1n) is 6.52. The molecule has 0 radical (unpaired) electrons. The summed E-state index contributed by atoms with van der Waals surface area (Å²) in [7, 11) is 1.59. The normalized spacial score (nSPS) is 17.9. The molecule has 21 heavy (non-hydrogen) atoms. The summed E-state index contributed by atoms with van der Waals surface area (Å²) >= 11 is 1.41. The molecule has 1 atom stereocenters. The maximum atomic E-state index is 11.9. The molecule has 1 N–H and O–H groups in total. The van der Waals surface area contributed by atoms with Crippen LogP contribution in [0.4, 0.5) is 0 Å². The summed E-state index contributed by atoms with van der Waals surface area (Å²) in [5.41, 5.74) is 1.44. The van der Waals surface area contributed by atoms with Gasteiger partial charge < -0.3 is 10.1 Å². The summed E-state index contributed by atoms with van der Waals surface area (Å²) < 4.78 is 5.36. The molecule has 0 saturated heterocycles. The number of hydrogen-bond donors (Lipinski definition) is 1. The Labute approximate surface area is 128 Å². The van der Waals surface area contributed by atoms with Crippen molar-refractivity contribution in [3.63, 3.8) is 0 Å². The second kappa shape index (κ2) is 7.00. The number of rotatable bonds is 5. The number of nitriles is 1. The number of carbonyl (C=O) groups is 1. The van der Waals surface area contributed by atoms with Crippen molar-refractivity contribution in [3.8, 4) is 11.8 Å². The van der Waals surface area contributed by atoms with Crippen LogP contribution in [-0.2, 0) is 4.79 Å². The Morgan fingerprint density at radius 2 is 2.33 bits per heavy atom. The lowest BCUT2D eigenvalue weighted by Crippen LogP contribution is -2.31. The highest BCUT2D eigenvalue weighted by molar-refractivity contribution is 8.03. The molecule has 0 unspecified atom stereocenters. The van der Waals surface area contributed by atoms with Crippen LogP contribution < -0.4 is 10.1 Å².